The van der Waals surface area contributed by atoms with Crippen LogP contribution in [0.1, 0.15) is 0 Å². The normalized spacial score (nSPS) is 8.69. The summed E-state index contributed by atoms with van der Waals surface area (Å²) in [6.07, 6.45) is 0. The van der Waals surface area contributed by atoms with E-state index in [2.05, 4.69) is 26.2 Å². The van der Waals surface area contributed by atoms with Gasteiger partial charge in [-0.05, 0) is 28.1 Å². The average molecular weight is 268 g/mol. The average Bonchev–Trinajstić information content (AvgIpc) is 2.01. The molecule has 1 aromatic heterocycles. The van der Waals surface area contributed by atoms with Crippen molar-refractivity contribution < 1.29 is 9.90 Å². The van der Waals surface area contributed by atoms with Crippen LogP contribution in [0.3, 0.4) is 0 Å². The highest BCUT2D eigenvalue weighted by Crippen LogP contribution is 2.09. The fraction of sp³-hybridized carbons (Fsp3) is 0.143. The molecule has 0 fully saturated rings. The summed E-state index contributed by atoms with van der Waals surface area (Å²) in [5.41, 5.74) is 0. The SMILES string of the molecule is Cl.O=C(O)CNc1cccc(Br)n1. The van der Waals surface area contributed by atoms with E-state index in [1.807, 2.05) is 0 Å². The molecule has 2 N–H and O–H groups in total. The Balaban J connectivity index is 0.00000144. The Bertz CT molecular complexity index is 296. The number of aromatic nitrogens is 1. The number of pyridine rings is 1. The van der Waals surface area contributed by atoms with Gasteiger partial charge in [0.05, 0.1) is 0 Å². The predicted octanol–water partition coefficient (Wildman–Crippen LogP) is 1.76. The first kappa shape index (κ1) is 12.2. The van der Waals surface area contributed by atoms with Gasteiger partial charge >= 0.3 is 5.97 Å². The van der Waals surface area contributed by atoms with Crippen LogP contribution in [0.4, 0.5) is 5.82 Å². The summed E-state index contributed by atoms with van der Waals surface area (Å²) in [6, 6.07) is 5.25. The van der Waals surface area contributed by atoms with Gasteiger partial charge in [0.2, 0.25) is 0 Å². The zero-order valence-electron chi connectivity index (χ0n) is 6.53. The van der Waals surface area contributed by atoms with Crippen LogP contribution in [-0.2, 0) is 4.79 Å². The molecule has 0 saturated carbocycles. The van der Waals surface area contributed by atoms with Crippen molar-refractivity contribution in [1.82, 2.24) is 4.98 Å². The van der Waals surface area contributed by atoms with Crippen molar-refractivity contribution in [3.8, 4) is 0 Å². The molecule has 0 aliphatic carbocycles. The highest BCUT2D eigenvalue weighted by atomic mass is 79.9. The van der Waals surface area contributed by atoms with Gasteiger partial charge in [0.15, 0.2) is 0 Å². The lowest BCUT2D eigenvalue weighted by atomic mass is 10.4. The van der Waals surface area contributed by atoms with Crippen molar-refractivity contribution in [2.45, 2.75) is 0 Å². The van der Waals surface area contributed by atoms with Crippen LogP contribution in [0.15, 0.2) is 22.8 Å². The van der Waals surface area contributed by atoms with Crippen molar-refractivity contribution >= 4 is 40.1 Å². The van der Waals surface area contributed by atoms with Crippen LogP contribution in [0.2, 0.25) is 0 Å². The number of aliphatic carboxylic acids is 1. The Morgan fingerprint density at radius 1 is 1.62 bits per heavy atom. The van der Waals surface area contributed by atoms with Crippen LogP contribution in [-0.4, -0.2) is 22.6 Å². The maximum Gasteiger partial charge on any atom is 0.322 e. The molecule has 1 heterocycles. The van der Waals surface area contributed by atoms with E-state index in [9.17, 15) is 4.79 Å². The third-order valence-electron chi connectivity index (χ3n) is 1.14. The van der Waals surface area contributed by atoms with Gasteiger partial charge in [-0.25, -0.2) is 4.98 Å². The number of carbonyl (C=O) groups is 1. The zero-order valence-corrected chi connectivity index (χ0v) is 8.93. The van der Waals surface area contributed by atoms with Gasteiger partial charge < -0.3 is 10.4 Å². The molecule has 72 valence electrons. The van der Waals surface area contributed by atoms with E-state index < -0.39 is 5.97 Å². The Morgan fingerprint density at radius 3 is 2.85 bits per heavy atom. The smallest absolute Gasteiger partial charge is 0.322 e. The number of nitrogens with zero attached hydrogens (tertiary/aromatic N) is 1. The van der Waals surface area contributed by atoms with Crippen molar-refractivity contribution in [3.63, 3.8) is 0 Å². The number of hydrogen-bond donors (Lipinski definition) is 2. The minimum Gasteiger partial charge on any atom is -0.480 e. The van der Waals surface area contributed by atoms with Crippen molar-refractivity contribution in [2.24, 2.45) is 0 Å². The van der Waals surface area contributed by atoms with Crippen LogP contribution in [0.5, 0.6) is 0 Å². The first-order chi connectivity index (χ1) is 5.68. The molecule has 1 aromatic rings. The molecular formula is C7H8BrClN2O2. The molecule has 0 aromatic carbocycles. The Morgan fingerprint density at radius 2 is 2.31 bits per heavy atom. The minimum atomic E-state index is -0.906. The van der Waals surface area contributed by atoms with E-state index in [1.165, 1.54) is 0 Å². The molecule has 0 atom stereocenters. The van der Waals surface area contributed by atoms with Crippen LogP contribution >= 0.6 is 28.3 Å². The highest BCUT2D eigenvalue weighted by Gasteiger charge is 1.97. The van der Waals surface area contributed by atoms with Crippen LogP contribution < -0.4 is 5.32 Å². The van der Waals surface area contributed by atoms with Gasteiger partial charge in [0, 0.05) is 0 Å². The Labute approximate surface area is 89.9 Å². The second-order valence-corrected chi connectivity index (χ2v) is 2.91. The largest absolute Gasteiger partial charge is 0.480 e. The van der Waals surface area contributed by atoms with Gasteiger partial charge in [-0.15, -0.1) is 12.4 Å². The highest BCUT2D eigenvalue weighted by molar-refractivity contribution is 9.10. The monoisotopic (exact) mass is 266 g/mol. The molecule has 0 aliphatic rings. The quantitative estimate of drug-likeness (QED) is 0.819. The fourth-order valence-electron chi connectivity index (χ4n) is 0.673. The lowest BCUT2D eigenvalue weighted by Crippen LogP contribution is -2.12. The summed E-state index contributed by atoms with van der Waals surface area (Å²) < 4.78 is 0.679. The molecule has 0 unspecified atom stereocenters. The summed E-state index contributed by atoms with van der Waals surface area (Å²) in [4.78, 5) is 14.1. The second kappa shape index (κ2) is 5.77. The molecule has 4 nitrogen and oxygen atoms in total. The van der Waals surface area contributed by atoms with E-state index in [0.717, 1.165) is 0 Å². The predicted molar refractivity (Wildman–Crippen MR) is 55.3 cm³/mol. The van der Waals surface area contributed by atoms with Crippen LogP contribution in [0.25, 0.3) is 0 Å². The molecule has 0 aliphatic heterocycles. The lowest BCUT2D eigenvalue weighted by Gasteiger charge is -2.01. The number of halogens is 2. The minimum absolute atomic E-state index is 0. The van der Waals surface area contributed by atoms with E-state index >= 15 is 0 Å². The molecule has 0 radical (unpaired) electrons. The number of nitrogens with one attached hydrogen (secondary N) is 1. The number of carboxylic acids is 1. The number of carboxylic acid groups (broad SMARTS) is 1. The standard InChI is InChI=1S/C7H7BrN2O2.ClH/c8-5-2-1-3-6(10-5)9-4-7(11)12;/h1-3H,4H2,(H,9,10)(H,11,12);1H. The van der Waals surface area contributed by atoms with Gasteiger partial charge in [0.25, 0.3) is 0 Å². The van der Waals surface area contributed by atoms with Gasteiger partial charge in [-0.2, -0.15) is 0 Å². The summed E-state index contributed by atoms with van der Waals surface area (Å²) in [6.45, 7) is -0.122. The third-order valence-corrected chi connectivity index (χ3v) is 1.58. The third kappa shape index (κ3) is 4.69. The van der Waals surface area contributed by atoms with Crippen molar-refractivity contribution in [1.29, 1.82) is 0 Å². The maximum atomic E-state index is 10.2. The number of anilines is 1. The number of hydrogen-bond acceptors (Lipinski definition) is 3. The molecule has 13 heavy (non-hydrogen) atoms. The zero-order chi connectivity index (χ0) is 8.97. The molecule has 1 rings (SSSR count). The molecular weight excluding hydrogens is 259 g/mol. The van der Waals surface area contributed by atoms with Crippen molar-refractivity contribution in [2.75, 3.05) is 11.9 Å². The summed E-state index contributed by atoms with van der Waals surface area (Å²) in [7, 11) is 0. The molecule has 0 saturated heterocycles. The van der Waals surface area contributed by atoms with Crippen LogP contribution in [0, 0.1) is 0 Å². The Hall–Kier alpha value is -0.810. The van der Waals surface area contributed by atoms with Gasteiger partial charge in [0.1, 0.15) is 17.0 Å². The lowest BCUT2D eigenvalue weighted by molar-refractivity contribution is -0.134. The topological polar surface area (TPSA) is 62.2 Å². The van der Waals surface area contributed by atoms with E-state index in [-0.39, 0.29) is 19.0 Å². The van der Waals surface area contributed by atoms with E-state index in [4.69, 9.17) is 5.11 Å². The maximum absolute atomic E-state index is 10.2. The molecule has 0 amide bonds. The van der Waals surface area contributed by atoms with Gasteiger partial charge in [-0.1, -0.05) is 6.07 Å². The summed E-state index contributed by atoms with van der Waals surface area (Å²) in [5.74, 6) is -0.358. The van der Waals surface area contributed by atoms with Crippen molar-refractivity contribution in [3.05, 3.63) is 22.8 Å². The second-order valence-electron chi connectivity index (χ2n) is 2.09. The summed E-state index contributed by atoms with van der Waals surface area (Å²) >= 11 is 3.17. The number of rotatable bonds is 3. The van der Waals surface area contributed by atoms with Gasteiger partial charge in [-0.3, -0.25) is 4.79 Å². The van der Waals surface area contributed by atoms with E-state index in [1.54, 1.807) is 18.2 Å². The Kier molecular flexibility index (Phi) is 5.41. The first-order valence-corrected chi connectivity index (χ1v) is 4.06. The van der Waals surface area contributed by atoms with E-state index in [0.29, 0.717) is 10.4 Å². The summed E-state index contributed by atoms with van der Waals surface area (Å²) in [5, 5.41) is 11.0. The molecule has 0 bridgehead atoms. The molecule has 0 spiro atoms. The fourth-order valence-corrected chi connectivity index (χ4v) is 1.02. The first-order valence-electron chi connectivity index (χ1n) is 3.27. The molecule has 6 heteroatoms.